The Balaban J connectivity index is 1.18. The summed E-state index contributed by atoms with van der Waals surface area (Å²) < 4.78 is 0. The number of guanidine groups is 1. The average Bonchev–Trinajstić information content (AvgIpc) is 3.89. The predicted molar refractivity (Wildman–Crippen MR) is 191 cm³/mol. The number of aromatic nitrogens is 2. The van der Waals surface area contributed by atoms with Crippen molar-refractivity contribution in [1.82, 2.24) is 25.1 Å². The summed E-state index contributed by atoms with van der Waals surface area (Å²) in [5, 5.41) is 9.31. The second-order valence-electron chi connectivity index (χ2n) is 14.5. The highest BCUT2D eigenvalue weighted by atomic mass is 32.1. The Hall–Kier alpha value is -3.85. The predicted octanol–water partition coefficient (Wildman–Crippen LogP) is 7.44. The molecule has 9 heteroatoms. The molecule has 1 amide bonds. The number of benzene rings is 1. The lowest BCUT2D eigenvalue weighted by Gasteiger charge is -2.31. The first kappa shape index (κ1) is 31.7. The van der Waals surface area contributed by atoms with Crippen molar-refractivity contribution >= 4 is 33.4 Å². The van der Waals surface area contributed by atoms with Crippen LogP contribution >= 0.6 is 11.3 Å². The van der Waals surface area contributed by atoms with Gasteiger partial charge in [-0.1, -0.05) is 24.1 Å². The van der Waals surface area contributed by atoms with Crippen LogP contribution in [0.2, 0.25) is 0 Å². The maximum Gasteiger partial charge on any atom is 0.236 e. The molecule has 3 aliphatic heterocycles. The van der Waals surface area contributed by atoms with Crippen LogP contribution < -0.4 is 5.32 Å². The number of aryl methyl sites for hydroxylation is 2. The Bertz CT molecular complexity index is 1750. The molecule has 7 rings (SSSR count). The van der Waals surface area contributed by atoms with Gasteiger partial charge in [0, 0.05) is 66.2 Å². The molecule has 4 aromatic rings. The highest BCUT2D eigenvalue weighted by molar-refractivity contribution is 7.19. The summed E-state index contributed by atoms with van der Waals surface area (Å²) in [6.45, 7) is 13.3. The zero-order valence-corrected chi connectivity index (χ0v) is 29.4. The van der Waals surface area contributed by atoms with Crippen molar-refractivity contribution in [3.8, 4) is 11.3 Å². The van der Waals surface area contributed by atoms with Crippen LogP contribution in [-0.2, 0) is 15.0 Å². The minimum Gasteiger partial charge on any atom is -0.396 e. The van der Waals surface area contributed by atoms with Crippen LogP contribution in [0.4, 0.5) is 0 Å². The van der Waals surface area contributed by atoms with E-state index in [1.54, 1.807) is 18.4 Å². The van der Waals surface area contributed by atoms with Gasteiger partial charge in [0.25, 0.3) is 0 Å². The summed E-state index contributed by atoms with van der Waals surface area (Å²) in [5.41, 5.74) is 6.86. The minimum atomic E-state index is -0.575. The summed E-state index contributed by atoms with van der Waals surface area (Å²) in [7, 11) is 1.61. The number of fused-ring (bicyclic) bond motifs is 3. The molecule has 1 unspecified atom stereocenters. The number of oxime groups is 1. The number of rotatable bonds is 8. The van der Waals surface area contributed by atoms with Crippen LogP contribution in [0.5, 0.6) is 0 Å². The summed E-state index contributed by atoms with van der Waals surface area (Å²) in [5.74, 6) is 1.64. The molecule has 0 radical (unpaired) electrons. The van der Waals surface area contributed by atoms with Crippen molar-refractivity contribution in [2.75, 3.05) is 26.7 Å². The summed E-state index contributed by atoms with van der Waals surface area (Å²) in [4.78, 5) is 34.2. The molecular weight excluding hydrogens is 605 g/mol. The van der Waals surface area contributed by atoms with Crippen LogP contribution in [-0.4, -0.2) is 70.5 Å². The normalized spacial score (nSPS) is 22.0. The number of aromatic amines is 1. The van der Waals surface area contributed by atoms with E-state index in [9.17, 15) is 4.79 Å². The molecule has 3 aromatic heterocycles. The van der Waals surface area contributed by atoms with E-state index in [0.29, 0.717) is 24.5 Å². The molecule has 8 nitrogen and oxygen atoms in total. The van der Waals surface area contributed by atoms with E-state index in [0.717, 1.165) is 66.6 Å². The number of nitrogens with zero attached hydrogens (tertiary/aromatic N) is 4. The Morgan fingerprint density at radius 1 is 1.09 bits per heavy atom. The van der Waals surface area contributed by atoms with Crippen molar-refractivity contribution in [2.45, 2.75) is 96.1 Å². The third-order valence-corrected chi connectivity index (χ3v) is 12.2. The molecule has 2 bridgehead atoms. The molecule has 2 N–H and O–H groups in total. The Morgan fingerprint density at radius 2 is 1.77 bits per heavy atom. The number of carbonyl (C=O) groups is 1. The van der Waals surface area contributed by atoms with Crippen LogP contribution in [0.25, 0.3) is 21.5 Å². The van der Waals surface area contributed by atoms with E-state index in [4.69, 9.17) is 4.84 Å². The van der Waals surface area contributed by atoms with Crippen LogP contribution in [0.1, 0.15) is 91.8 Å². The molecule has 6 heterocycles. The number of pyridine rings is 1. The van der Waals surface area contributed by atoms with Gasteiger partial charge < -0.3 is 24.9 Å². The molecule has 0 aliphatic carbocycles. The van der Waals surface area contributed by atoms with Gasteiger partial charge in [0.1, 0.15) is 11.9 Å². The quantitative estimate of drug-likeness (QED) is 0.117. The van der Waals surface area contributed by atoms with E-state index < -0.39 is 5.41 Å². The standard InChI is InChI=1S/C38H48N6O2S/c1-23-17-24(2)19-28(18-23)34-33(25(3)21-40-37(42-46-6)43-16-13-27(22-43)26-11-14-39-15-12-26)31-20-32(47-35(31)41-34)38(4,5)36(45)44-29-7-8-30(44)10-9-29/h11-12,14-15,17-20,25,27,29-30,41H,7-10,13,16,21-22H2,1-6H3,(H,40,42)/t25-,27?,29?,30?/m1/s1. The molecular formula is C38H48N6O2S. The number of likely N-dealkylation sites (tertiary alicyclic amines) is 1. The third-order valence-electron chi connectivity index (χ3n) is 10.8. The van der Waals surface area contributed by atoms with Gasteiger partial charge in [0.05, 0.1) is 11.1 Å². The molecule has 3 saturated heterocycles. The summed E-state index contributed by atoms with van der Waals surface area (Å²) in [6.07, 6.45) is 9.42. The van der Waals surface area contributed by atoms with Gasteiger partial charge in [0.2, 0.25) is 11.9 Å². The van der Waals surface area contributed by atoms with Gasteiger partial charge in [0.15, 0.2) is 0 Å². The van der Waals surface area contributed by atoms with Crippen molar-refractivity contribution < 1.29 is 9.63 Å². The van der Waals surface area contributed by atoms with Gasteiger partial charge in [-0.2, -0.15) is 0 Å². The van der Waals surface area contributed by atoms with E-state index in [1.807, 2.05) is 12.4 Å². The smallest absolute Gasteiger partial charge is 0.236 e. The average molecular weight is 653 g/mol. The Labute approximate surface area is 282 Å². The maximum atomic E-state index is 14.1. The molecule has 3 aliphatic rings. The molecule has 3 fully saturated rings. The maximum absolute atomic E-state index is 14.1. The van der Waals surface area contributed by atoms with Crippen molar-refractivity contribution in [1.29, 1.82) is 0 Å². The van der Waals surface area contributed by atoms with E-state index in [2.05, 4.69) is 101 Å². The van der Waals surface area contributed by atoms with Gasteiger partial charge in [-0.25, -0.2) is 0 Å². The van der Waals surface area contributed by atoms with Crippen LogP contribution in [0, 0.1) is 13.8 Å². The molecule has 248 valence electrons. The van der Waals surface area contributed by atoms with Crippen LogP contribution in [0.3, 0.4) is 0 Å². The van der Waals surface area contributed by atoms with Crippen molar-refractivity contribution in [2.24, 2.45) is 5.16 Å². The fourth-order valence-corrected chi connectivity index (χ4v) is 9.50. The van der Waals surface area contributed by atoms with Crippen LogP contribution in [0.15, 0.2) is 53.9 Å². The number of H-pyrrole nitrogens is 1. The molecule has 2 atom stereocenters. The molecule has 0 saturated carbocycles. The van der Waals surface area contributed by atoms with Gasteiger partial charge >= 0.3 is 0 Å². The zero-order chi connectivity index (χ0) is 32.9. The van der Waals surface area contributed by atoms with Crippen molar-refractivity contribution in [3.05, 3.63) is 75.9 Å². The first-order valence-electron chi connectivity index (χ1n) is 17.2. The fraction of sp³-hybridized carbons (Fsp3) is 0.500. The van der Waals surface area contributed by atoms with E-state index in [-0.39, 0.29) is 11.8 Å². The molecule has 1 aromatic carbocycles. The number of amides is 1. The topological polar surface area (TPSA) is 85.8 Å². The van der Waals surface area contributed by atoms with E-state index >= 15 is 0 Å². The minimum absolute atomic E-state index is 0.149. The monoisotopic (exact) mass is 652 g/mol. The highest BCUT2D eigenvalue weighted by Crippen LogP contribution is 2.46. The highest BCUT2D eigenvalue weighted by Gasteiger charge is 2.47. The largest absolute Gasteiger partial charge is 0.396 e. The first-order chi connectivity index (χ1) is 22.6. The second kappa shape index (κ2) is 12.6. The number of thiophene rings is 1. The SMILES string of the molecule is CO/N=C(/NC[C@@H](C)c1c(-c2cc(C)cc(C)c2)[nH]c2sc(C(C)(C)C(=O)N3C4CCC3CC4)cc12)N1CCC(c2ccncc2)C1. The fourth-order valence-electron chi connectivity index (χ4n) is 8.33. The summed E-state index contributed by atoms with van der Waals surface area (Å²) >= 11 is 1.74. The summed E-state index contributed by atoms with van der Waals surface area (Å²) in [6, 6.07) is 14.1. The van der Waals surface area contributed by atoms with Crippen molar-refractivity contribution in [3.63, 3.8) is 0 Å². The number of hydrogen-bond acceptors (Lipinski definition) is 5. The van der Waals surface area contributed by atoms with Gasteiger partial charge in [-0.3, -0.25) is 9.78 Å². The Kier molecular flexibility index (Phi) is 8.53. The third kappa shape index (κ3) is 5.92. The lowest BCUT2D eigenvalue weighted by molar-refractivity contribution is -0.137. The molecule has 0 spiro atoms. The molecule has 47 heavy (non-hydrogen) atoms. The second-order valence-corrected chi connectivity index (χ2v) is 15.6. The number of carbonyl (C=O) groups excluding carboxylic acids is 1. The lowest BCUT2D eigenvalue weighted by atomic mass is 9.88. The number of hydrogen-bond donors (Lipinski definition) is 2. The zero-order valence-electron chi connectivity index (χ0n) is 28.6. The van der Waals surface area contributed by atoms with E-state index in [1.165, 1.54) is 33.2 Å². The Morgan fingerprint density at radius 3 is 2.43 bits per heavy atom. The number of nitrogens with one attached hydrogen (secondary N) is 2. The lowest BCUT2D eigenvalue weighted by Crippen LogP contribution is -2.45. The van der Waals surface area contributed by atoms with Gasteiger partial charge in [-0.05, 0) is 112 Å². The van der Waals surface area contributed by atoms with Gasteiger partial charge in [-0.15, -0.1) is 11.3 Å². The first-order valence-corrected chi connectivity index (χ1v) is 18.0.